The Kier molecular flexibility index (Phi) is 4.30. The first kappa shape index (κ1) is 16.4. The third kappa shape index (κ3) is 3.62. The molecule has 1 N–H and O–H groups in total. The van der Waals surface area contributed by atoms with E-state index in [-0.39, 0.29) is 6.07 Å². The van der Waals surface area contributed by atoms with Crippen LogP contribution < -0.4 is 5.32 Å². The van der Waals surface area contributed by atoms with Crippen molar-refractivity contribution < 1.29 is 27.3 Å². The van der Waals surface area contributed by atoms with Crippen LogP contribution in [0.25, 0.3) is 0 Å². The maximum absolute atomic E-state index is 13.0. The zero-order valence-electron chi connectivity index (χ0n) is 11.2. The normalized spacial score (nSPS) is 11.1. The molecule has 5 nitrogen and oxygen atoms in total. The molecule has 2 aromatic rings. The Bertz CT molecular complexity index is 775. The molecule has 0 bridgehead atoms. The second-order valence-corrected chi connectivity index (χ2v) is 4.42. The SMILES string of the molecule is O=C(Nc1ccc(F)cc1C(F)(F)F)c1ccccc1[N+](=O)[O-]. The summed E-state index contributed by atoms with van der Waals surface area (Å²) >= 11 is 0. The average Bonchev–Trinajstić information content (AvgIpc) is 2.48. The Morgan fingerprint density at radius 1 is 1.13 bits per heavy atom. The first-order valence-corrected chi connectivity index (χ1v) is 6.11. The molecule has 0 atom stereocenters. The van der Waals surface area contributed by atoms with E-state index in [9.17, 15) is 32.5 Å². The van der Waals surface area contributed by atoms with E-state index in [2.05, 4.69) is 0 Å². The van der Waals surface area contributed by atoms with Gasteiger partial charge in [0, 0.05) is 6.07 Å². The van der Waals surface area contributed by atoms with Crippen LogP contribution in [-0.2, 0) is 6.18 Å². The van der Waals surface area contributed by atoms with E-state index in [0.717, 1.165) is 24.3 Å². The summed E-state index contributed by atoms with van der Waals surface area (Å²) in [5.74, 6) is -2.23. The first-order valence-electron chi connectivity index (χ1n) is 6.11. The largest absolute Gasteiger partial charge is 0.418 e. The van der Waals surface area contributed by atoms with Gasteiger partial charge in [-0.3, -0.25) is 14.9 Å². The number of rotatable bonds is 3. The van der Waals surface area contributed by atoms with Crippen LogP contribution in [-0.4, -0.2) is 10.8 Å². The number of nitrogens with zero attached hydrogens (tertiary/aromatic N) is 1. The molecule has 0 saturated carbocycles. The highest BCUT2D eigenvalue weighted by Gasteiger charge is 2.34. The third-order valence-electron chi connectivity index (χ3n) is 2.88. The molecule has 9 heteroatoms. The van der Waals surface area contributed by atoms with Gasteiger partial charge in [-0.15, -0.1) is 0 Å². The number of nitro benzene ring substituents is 1. The Hall–Kier alpha value is -2.97. The second-order valence-electron chi connectivity index (χ2n) is 4.42. The van der Waals surface area contributed by atoms with Gasteiger partial charge < -0.3 is 5.32 Å². The van der Waals surface area contributed by atoms with E-state index in [1.165, 1.54) is 12.1 Å². The van der Waals surface area contributed by atoms with Crippen LogP contribution in [0.4, 0.5) is 28.9 Å². The summed E-state index contributed by atoms with van der Waals surface area (Å²) in [5, 5.41) is 12.8. The number of alkyl halides is 3. The molecular formula is C14H8F4N2O3. The van der Waals surface area contributed by atoms with E-state index in [1.807, 2.05) is 5.32 Å². The number of halogens is 4. The number of carbonyl (C=O) groups excluding carboxylic acids is 1. The number of carbonyl (C=O) groups is 1. The van der Waals surface area contributed by atoms with Gasteiger partial charge in [0.25, 0.3) is 11.6 Å². The van der Waals surface area contributed by atoms with E-state index in [0.29, 0.717) is 0 Å². The summed E-state index contributed by atoms with van der Waals surface area (Å²) < 4.78 is 51.6. The number of hydrogen-bond acceptors (Lipinski definition) is 3. The maximum atomic E-state index is 13.0. The lowest BCUT2D eigenvalue weighted by molar-refractivity contribution is -0.385. The monoisotopic (exact) mass is 328 g/mol. The van der Waals surface area contributed by atoms with Crippen molar-refractivity contribution in [2.75, 3.05) is 5.32 Å². The molecule has 0 aliphatic carbocycles. The highest BCUT2D eigenvalue weighted by atomic mass is 19.4. The fourth-order valence-electron chi connectivity index (χ4n) is 1.87. The van der Waals surface area contributed by atoms with Crippen LogP contribution in [0.1, 0.15) is 15.9 Å². The fraction of sp³-hybridized carbons (Fsp3) is 0.0714. The number of nitrogens with one attached hydrogen (secondary N) is 1. The van der Waals surface area contributed by atoms with Crippen LogP contribution in [0.3, 0.4) is 0 Å². The molecule has 0 heterocycles. The van der Waals surface area contributed by atoms with Crippen molar-refractivity contribution in [2.24, 2.45) is 0 Å². The van der Waals surface area contributed by atoms with Crippen LogP contribution in [0.15, 0.2) is 42.5 Å². The standard InChI is InChI=1S/C14H8F4N2O3/c15-8-5-6-11(10(7-8)14(16,17)18)19-13(21)9-3-1-2-4-12(9)20(22)23/h1-7H,(H,19,21). The minimum Gasteiger partial charge on any atom is -0.321 e. The van der Waals surface area contributed by atoms with E-state index in [1.54, 1.807) is 0 Å². The quantitative estimate of drug-likeness (QED) is 0.526. The lowest BCUT2D eigenvalue weighted by Crippen LogP contribution is -2.18. The predicted molar refractivity (Wildman–Crippen MR) is 72.5 cm³/mol. The first-order chi connectivity index (χ1) is 10.7. The summed E-state index contributed by atoms with van der Waals surface area (Å²) in [4.78, 5) is 22.0. The van der Waals surface area contributed by atoms with Gasteiger partial charge in [0.1, 0.15) is 11.4 Å². The molecule has 0 saturated heterocycles. The maximum Gasteiger partial charge on any atom is 0.418 e. The van der Waals surface area contributed by atoms with Gasteiger partial charge in [-0.1, -0.05) is 12.1 Å². The van der Waals surface area contributed by atoms with Crippen LogP contribution in [0, 0.1) is 15.9 Å². The number of anilines is 1. The lowest BCUT2D eigenvalue weighted by atomic mass is 10.1. The van der Waals surface area contributed by atoms with Crippen molar-refractivity contribution in [1.82, 2.24) is 0 Å². The number of para-hydroxylation sites is 1. The van der Waals surface area contributed by atoms with Gasteiger partial charge in [-0.05, 0) is 24.3 Å². The molecule has 0 spiro atoms. The van der Waals surface area contributed by atoms with Gasteiger partial charge >= 0.3 is 6.18 Å². The third-order valence-corrected chi connectivity index (χ3v) is 2.88. The van der Waals surface area contributed by atoms with Crippen molar-refractivity contribution in [2.45, 2.75) is 6.18 Å². The molecule has 120 valence electrons. The minimum absolute atomic E-state index is 0.231. The summed E-state index contributed by atoms with van der Waals surface area (Å²) in [6.07, 6.45) is -4.90. The Labute approximate surface area is 126 Å². The molecular weight excluding hydrogens is 320 g/mol. The molecule has 0 aliphatic rings. The van der Waals surface area contributed by atoms with E-state index < -0.39 is 45.3 Å². The van der Waals surface area contributed by atoms with Crippen molar-refractivity contribution in [3.63, 3.8) is 0 Å². The highest BCUT2D eigenvalue weighted by molar-refractivity contribution is 6.07. The Morgan fingerprint density at radius 2 is 1.78 bits per heavy atom. The molecule has 2 aromatic carbocycles. The Balaban J connectivity index is 2.41. The van der Waals surface area contributed by atoms with Crippen molar-refractivity contribution in [3.05, 3.63) is 69.5 Å². The van der Waals surface area contributed by atoms with Crippen molar-refractivity contribution in [3.8, 4) is 0 Å². The Morgan fingerprint density at radius 3 is 2.39 bits per heavy atom. The second kappa shape index (κ2) is 6.03. The van der Waals surface area contributed by atoms with Crippen molar-refractivity contribution >= 4 is 17.3 Å². The van der Waals surface area contributed by atoms with Crippen LogP contribution in [0.2, 0.25) is 0 Å². The van der Waals surface area contributed by atoms with E-state index >= 15 is 0 Å². The smallest absolute Gasteiger partial charge is 0.321 e. The van der Waals surface area contributed by atoms with Gasteiger partial charge in [-0.25, -0.2) is 4.39 Å². The van der Waals surface area contributed by atoms with E-state index in [4.69, 9.17) is 0 Å². The van der Waals surface area contributed by atoms with Gasteiger partial charge in [0.05, 0.1) is 16.2 Å². The fourth-order valence-corrected chi connectivity index (χ4v) is 1.87. The number of benzene rings is 2. The summed E-state index contributed by atoms with van der Waals surface area (Å²) in [6.45, 7) is 0. The molecule has 0 aliphatic heterocycles. The molecule has 2 rings (SSSR count). The molecule has 0 aromatic heterocycles. The number of amides is 1. The zero-order valence-corrected chi connectivity index (χ0v) is 11.2. The summed E-state index contributed by atoms with van der Waals surface area (Å²) in [6, 6.07) is 6.50. The minimum atomic E-state index is -4.90. The number of nitro groups is 1. The predicted octanol–water partition coefficient (Wildman–Crippen LogP) is 4.01. The molecule has 0 unspecified atom stereocenters. The van der Waals surface area contributed by atoms with Crippen molar-refractivity contribution in [1.29, 1.82) is 0 Å². The van der Waals surface area contributed by atoms with Gasteiger partial charge in [0.2, 0.25) is 0 Å². The molecule has 0 fully saturated rings. The zero-order chi connectivity index (χ0) is 17.2. The lowest BCUT2D eigenvalue weighted by Gasteiger charge is -2.13. The average molecular weight is 328 g/mol. The molecule has 23 heavy (non-hydrogen) atoms. The van der Waals surface area contributed by atoms with Gasteiger partial charge in [-0.2, -0.15) is 13.2 Å². The molecule has 1 amide bonds. The van der Waals surface area contributed by atoms with Crippen LogP contribution >= 0.6 is 0 Å². The number of hydrogen-bond donors (Lipinski definition) is 1. The summed E-state index contributed by atoms with van der Waals surface area (Å²) in [7, 11) is 0. The molecule has 0 radical (unpaired) electrons. The van der Waals surface area contributed by atoms with Crippen LogP contribution in [0.5, 0.6) is 0 Å². The van der Waals surface area contributed by atoms with Gasteiger partial charge in [0.15, 0.2) is 0 Å². The highest BCUT2D eigenvalue weighted by Crippen LogP contribution is 2.35. The summed E-state index contributed by atoms with van der Waals surface area (Å²) in [5.41, 5.74) is -3.04. The topological polar surface area (TPSA) is 72.2 Å².